The van der Waals surface area contributed by atoms with E-state index in [0.29, 0.717) is 37.2 Å². The van der Waals surface area contributed by atoms with Crippen LogP contribution in [-0.4, -0.2) is 29.2 Å². The molecule has 0 atom stereocenters. The van der Waals surface area contributed by atoms with Crippen LogP contribution < -0.4 is 0 Å². The van der Waals surface area contributed by atoms with E-state index in [1.807, 2.05) is 6.92 Å². The third kappa shape index (κ3) is 6.19. The molecule has 0 saturated heterocycles. The Kier molecular flexibility index (Phi) is 5.86. The molecule has 0 aliphatic rings. The van der Waals surface area contributed by atoms with Crippen molar-refractivity contribution in [1.29, 1.82) is 0 Å². The molecule has 0 N–H and O–H groups in total. The van der Waals surface area contributed by atoms with Crippen molar-refractivity contribution in [2.75, 3.05) is 13.2 Å². The summed E-state index contributed by atoms with van der Waals surface area (Å²) in [6.45, 7) is 4.38. The number of esters is 1. The van der Waals surface area contributed by atoms with Gasteiger partial charge in [0.1, 0.15) is 11.8 Å². The molecule has 0 spiro atoms. The normalized spacial score (nSPS) is 10.3. The molecule has 0 saturated carbocycles. The van der Waals surface area contributed by atoms with Gasteiger partial charge < -0.3 is 9.47 Å². The number of halogens is 1. The van der Waals surface area contributed by atoms with Gasteiger partial charge in [-0.15, -0.1) is 0 Å². The Balaban J connectivity index is 2.20. The first-order chi connectivity index (χ1) is 8.08. The minimum absolute atomic E-state index is 0.279. The van der Waals surface area contributed by atoms with Crippen LogP contribution >= 0.6 is 11.6 Å². The van der Waals surface area contributed by atoms with Crippen molar-refractivity contribution in [1.82, 2.24) is 9.97 Å². The molecular weight excluding hydrogens is 244 g/mol. The fourth-order valence-electron chi connectivity index (χ4n) is 1.19. The van der Waals surface area contributed by atoms with E-state index >= 15 is 0 Å². The van der Waals surface area contributed by atoms with E-state index in [0.717, 1.165) is 5.69 Å². The number of hydrogen-bond acceptors (Lipinski definition) is 5. The first kappa shape index (κ1) is 13.9. The maximum atomic E-state index is 10.5. The summed E-state index contributed by atoms with van der Waals surface area (Å²) >= 11 is 5.78. The van der Waals surface area contributed by atoms with Crippen molar-refractivity contribution in [2.45, 2.75) is 26.9 Å². The molecule has 0 aromatic carbocycles. The van der Waals surface area contributed by atoms with E-state index in [2.05, 4.69) is 9.97 Å². The number of hydrogen-bond donors (Lipinski definition) is 0. The predicted octanol–water partition coefficient (Wildman–Crippen LogP) is 1.91. The van der Waals surface area contributed by atoms with Crippen molar-refractivity contribution in [3.05, 3.63) is 22.7 Å². The number of carbonyl (C=O) groups is 1. The molecule has 1 aromatic rings. The Labute approximate surface area is 105 Å². The van der Waals surface area contributed by atoms with Crippen LogP contribution in [0.15, 0.2) is 6.07 Å². The van der Waals surface area contributed by atoms with Gasteiger partial charge in [0.2, 0.25) is 0 Å². The first-order valence-corrected chi connectivity index (χ1v) is 5.67. The molecule has 0 amide bonds. The molecular formula is C11H15ClN2O3. The maximum absolute atomic E-state index is 10.5. The molecule has 1 aromatic heterocycles. The highest BCUT2D eigenvalue weighted by Crippen LogP contribution is 2.07. The van der Waals surface area contributed by atoms with E-state index < -0.39 is 0 Å². The van der Waals surface area contributed by atoms with Crippen LogP contribution in [0.1, 0.15) is 24.9 Å². The molecule has 0 aliphatic heterocycles. The standard InChI is InChI=1S/C11H15ClN2O3/c1-8-6-10(12)14-11(13-8)7-16-4-3-5-17-9(2)15/h6H,3-5,7H2,1-2H3. The number of aryl methyl sites for hydroxylation is 1. The Morgan fingerprint density at radius 1 is 1.41 bits per heavy atom. The highest BCUT2D eigenvalue weighted by molar-refractivity contribution is 6.29. The lowest BCUT2D eigenvalue weighted by Crippen LogP contribution is -2.06. The van der Waals surface area contributed by atoms with Crippen molar-refractivity contribution in [3.63, 3.8) is 0 Å². The molecule has 17 heavy (non-hydrogen) atoms. The van der Waals surface area contributed by atoms with Crippen LogP contribution in [-0.2, 0) is 20.9 Å². The number of carbonyl (C=O) groups excluding carboxylic acids is 1. The summed E-state index contributed by atoms with van der Waals surface area (Å²) in [4.78, 5) is 18.7. The largest absolute Gasteiger partial charge is 0.466 e. The monoisotopic (exact) mass is 258 g/mol. The van der Waals surface area contributed by atoms with Crippen LogP contribution in [0, 0.1) is 6.92 Å². The number of aromatic nitrogens is 2. The van der Waals surface area contributed by atoms with Crippen molar-refractivity contribution in [3.8, 4) is 0 Å². The van der Waals surface area contributed by atoms with E-state index in [1.165, 1.54) is 6.92 Å². The van der Waals surface area contributed by atoms with Crippen LogP contribution in [0.2, 0.25) is 5.15 Å². The fraction of sp³-hybridized carbons (Fsp3) is 0.545. The van der Waals surface area contributed by atoms with Gasteiger partial charge in [-0.05, 0) is 13.0 Å². The number of nitrogens with zero attached hydrogens (tertiary/aromatic N) is 2. The van der Waals surface area contributed by atoms with Crippen LogP contribution in [0.25, 0.3) is 0 Å². The Morgan fingerprint density at radius 2 is 2.18 bits per heavy atom. The minimum atomic E-state index is -0.279. The zero-order chi connectivity index (χ0) is 12.7. The van der Waals surface area contributed by atoms with Crippen LogP contribution in [0.4, 0.5) is 0 Å². The van der Waals surface area contributed by atoms with Gasteiger partial charge in [-0.2, -0.15) is 0 Å². The average Bonchev–Trinajstić information content (AvgIpc) is 2.21. The maximum Gasteiger partial charge on any atom is 0.302 e. The summed E-state index contributed by atoms with van der Waals surface area (Å²) in [7, 11) is 0. The topological polar surface area (TPSA) is 61.3 Å². The molecule has 0 unspecified atom stereocenters. The molecule has 0 radical (unpaired) electrons. The van der Waals surface area contributed by atoms with Crippen molar-refractivity contribution >= 4 is 17.6 Å². The van der Waals surface area contributed by atoms with E-state index in [-0.39, 0.29) is 5.97 Å². The minimum Gasteiger partial charge on any atom is -0.466 e. The molecule has 1 heterocycles. The SMILES string of the molecule is CC(=O)OCCCOCc1nc(C)cc(Cl)n1. The number of rotatable bonds is 6. The van der Waals surface area contributed by atoms with Gasteiger partial charge in [0.05, 0.1) is 13.2 Å². The lowest BCUT2D eigenvalue weighted by atomic mass is 10.4. The van der Waals surface area contributed by atoms with Gasteiger partial charge in [-0.1, -0.05) is 11.6 Å². The second kappa shape index (κ2) is 7.19. The summed E-state index contributed by atoms with van der Waals surface area (Å²) < 4.78 is 10.1. The smallest absolute Gasteiger partial charge is 0.302 e. The third-order valence-corrected chi connectivity index (χ3v) is 2.03. The van der Waals surface area contributed by atoms with Gasteiger partial charge in [-0.25, -0.2) is 9.97 Å². The Hall–Kier alpha value is -1.20. The molecule has 5 nitrogen and oxygen atoms in total. The first-order valence-electron chi connectivity index (χ1n) is 5.29. The zero-order valence-electron chi connectivity index (χ0n) is 9.90. The average molecular weight is 259 g/mol. The summed E-state index contributed by atoms with van der Waals surface area (Å²) in [5.74, 6) is 0.279. The van der Waals surface area contributed by atoms with Crippen LogP contribution in [0.3, 0.4) is 0 Å². The van der Waals surface area contributed by atoms with Gasteiger partial charge in [0.15, 0.2) is 5.82 Å². The zero-order valence-corrected chi connectivity index (χ0v) is 10.7. The molecule has 1 rings (SSSR count). The molecule has 0 aliphatic carbocycles. The summed E-state index contributed by atoms with van der Waals surface area (Å²) in [6.07, 6.45) is 0.652. The van der Waals surface area contributed by atoms with E-state index in [4.69, 9.17) is 21.1 Å². The molecule has 0 fully saturated rings. The highest BCUT2D eigenvalue weighted by atomic mass is 35.5. The summed E-state index contributed by atoms with van der Waals surface area (Å²) in [5, 5.41) is 0.413. The van der Waals surface area contributed by atoms with Gasteiger partial charge in [0, 0.05) is 19.0 Å². The number of ether oxygens (including phenoxy) is 2. The second-order valence-electron chi connectivity index (χ2n) is 3.49. The molecule has 6 heteroatoms. The third-order valence-electron chi connectivity index (χ3n) is 1.84. The Bertz CT molecular complexity index is 365. The van der Waals surface area contributed by atoms with Gasteiger partial charge >= 0.3 is 5.97 Å². The molecule has 0 bridgehead atoms. The quantitative estimate of drug-likeness (QED) is 0.443. The Morgan fingerprint density at radius 3 is 2.82 bits per heavy atom. The summed E-state index contributed by atoms with van der Waals surface area (Å²) in [5.41, 5.74) is 0.809. The fourth-order valence-corrected chi connectivity index (χ4v) is 1.45. The molecule has 94 valence electrons. The van der Waals surface area contributed by atoms with Gasteiger partial charge in [0.25, 0.3) is 0 Å². The van der Waals surface area contributed by atoms with Crippen LogP contribution in [0.5, 0.6) is 0 Å². The van der Waals surface area contributed by atoms with Crippen molar-refractivity contribution < 1.29 is 14.3 Å². The van der Waals surface area contributed by atoms with E-state index in [1.54, 1.807) is 6.07 Å². The lowest BCUT2D eigenvalue weighted by Gasteiger charge is -2.04. The second-order valence-corrected chi connectivity index (χ2v) is 3.88. The lowest BCUT2D eigenvalue weighted by molar-refractivity contribution is -0.141. The van der Waals surface area contributed by atoms with Crippen molar-refractivity contribution in [2.24, 2.45) is 0 Å². The predicted molar refractivity (Wildman–Crippen MR) is 62.7 cm³/mol. The van der Waals surface area contributed by atoms with Gasteiger partial charge in [-0.3, -0.25) is 4.79 Å². The van der Waals surface area contributed by atoms with E-state index in [9.17, 15) is 4.79 Å². The summed E-state index contributed by atoms with van der Waals surface area (Å²) in [6, 6.07) is 1.69. The highest BCUT2D eigenvalue weighted by Gasteiger charge is 2.01.